The van der Waals surface area contributed by atoms with E-state index in [1.54, 1.807) is 19.2 Å². The molecule has 0 saturated carbocycles. The molecule has 0 aliphatic heterocycles. The van der Waals surface area contributed by atoms with Gasteiger partial charge in [-0.15, -0.1) is 0 Å². The van der Waals surface area contributed by atoms with Crippen LogP contribution in [0, 0.1) is 11.7 Å². The van der Waals surface area contributed by atoms with Crippen LogP contribution in [0.1, 0.15) is 19.4 Å². The summed E-state index contributed by atoms with van der Waals surface area (Å²) in [6.45, 7) is 5.59. The highest BCUT2D eigenvalue weighted by Crippen LogP contribution is 2.16. The number of halogens is 2. The number of methoxy groups -OCH3 is 1. The standard InChI is InChI=1S/C13H19BrFNO/c1-9(2)13(8-17-3)16-7-10-4-5-11(14)12(15)6-10/h4-6,9,13,16H,7-8H2,1-3H3. The van der Waals surface area contributed by atoms with Crippen LogP contribution < -0.4 is 5.32 Å². The normalized spacial score (nSPS) is 13.1. The van der Waals surface area contributed by atoms with Crippen LogP contribution in [0.3, 0.4) is 0 Å². The molecular formula is C13H19BrFNO. The van der Waals surface area contributed by atoms with E-state index in [1.807, 2.05) is 6.07 Å². The van der Waals surface area contributed by atoms with Crippen molar-refractivity contribution in [3.8, 4) is 0 Å². The molecule has 0 spiro atoms. The molecule has 1 unspecified atom stereocenters. The lowest BCUT2D eigenvalue weighted by Gasteiger charge is -2.21. The average Bonchev–Trinajstić information content (AvgIpc) is 2.28. The van der Waals surface area contributed by atoms with Crippen LogP contribution in [0.5, 0.6) is 0 Å². The van der Waals surface area contributed by atoms with Gasteiger partial charge < -0.3 is 10.1 Å². The third-order valence-electron chi connectivity index (χ3n) is 2.70. The lowest BCUT2D eigenvalue weighted by molar-refractivity contribution is 0.146. The fraction of sp³-hybridized carbons (Fsp3) is 0.538. The van der Waals surface area contributed by atoms with Crippen molar-refractivity contribution in [1.82, 2.24) is 5.32 Å². The van der Waals surface area contributed by atoms with E-state index in [0.29, 0.717) is 23.5 Å². The first-order chi connectivity index (χ1) is 8.04. The lowest BCUT2D eigenvalue weighted by atomic mass is 10.0. The van der Waals surface area contributed by atoms with Crippen LogP contribution in [-0.4, -0.2) is 19.8 Å². The first-order valence-electron chi connectivity index (χ1n) is 5.70. The van der Waals surface area contributed by atoms with Crippen LogP contribution in [0.4, 0.5) is 4.39 Å². The maximum absolute atomic E-state index is 13.3. The molecule has 0 radical (unpaired) electrons. The molecule has 1 N–H and O–H groups in total. The van der Waals surface area contributed by atoms with Gasteiger partial charge in [-0.2, -0.15) is 0 Å². The van der Waals surface area contributed by atoms with E-state index < -0.39 is 0 Å². The van der Waals surface area contributed by atoms with Crippen molar-refractivity contribution in [1.29, 1.82) is 0 Å². The summed E-state index contributed by atoms with van der Waals surface area (Å²) in [6, 6.07) is 5.46. The molecule has 0 fully saturated rings. The smallest absolute Gasteiger partial charge is 0.137 e. The van der Waals surface area contributed by atoms with Crippen LogP contribution in [0.15, 0.2) is 22.7 Å². The molecule has 0 aliphatic rings. The molecule has 1 aromatic carbocycles. The fourth-order valence-electron chi connectivity index (χ4n) is 1.57. The predicted octanol–water partition coefficient (Wildman–Crippen LogP) is 3.35. The van der Waals surface area contributed by atoms with Gasteiger partial charge in [-0.25, -0.2) is 4.39 Å². The third kappa shape index (κ3) is 4.74. The van der Waals surface area contributed by atoms with Crippen molar-refractivity contribution in [2.75, 3.05) is 13.7 Å². The molecule has 0 aromatic heterocycles. The second-order valence-corrected chi connectivity index (χ2v) is 5.29. The zero-order valence-corrected chi connectivity index (χ0v) is 12.1. The number of nitrogens with one attached hydrogen (secondary N) is 1. The van der Waals surface area contributed by atoms with E-state index in [1.165, 1.54) is 0 Å². The Labute approximate surface area is 111 Å². The first-order valence-corrected chi connectivity index (χ1v) is 6.50. The molecule has 0 amide bonds. The van der Waals surface area contributed by atoms with E-state index in [9.17, 15) is 4.39 Å². The summed E-state index contributed by atoms with van der Waals surface area (Å²) in [4.78, 5) is 0. The SMILES string of the molecule is COCC(NCc1ccc(Br)c(F)c1)C(C)C. The van der Waals surface area contributed by atoms with Gasteiger partial charge >= 0.3 is 0 Å². The molecule has 0 saturated heterocycles. The van der Waals surface area contributed by atoms with Crippen molar-refractivity contribution in [2.45, 2.75) is 26.4 Å². The van der Waals surface area contributed by atoms with Crippen molar-refractivity contribution >= 4 is 15.9 Å². The Morgan fingerprint density at radius 1 is 1.41 bits per heavy atom. The second kappa shape index (κ2) is 7.09. The highest BCUT2D eigenvalue weighted by Gasteiger charge is 2.12. The maximum Gasteiger partial charge on any atom is 0.137 e. The molecule has 96 valence electrons. The Bertz CT molecular complexity index is 357. The molecular weight excluding hydrogens is 285 g/mol. The molecule has 2 nitrogen and oxygen atoms in total. The zero-order valence-electron chi connectivity index (χ0n) is 10.5. The van der Waals surface area contributed by atoms with Gasteiger partial charge in [-0.05, 0) is 39.5 Å². The largest absolute Gasteiger partial charge is 0.383 e. The van der Waals surface area contributed by atoms with Gasteiger partial charge in [0.1, 0.15) is 5.82 Å². The number of ether oxygens (including phenoxy) is 1. The molecule has 0 bridgehead atoms. The van der Waals surface area contributed by atoms with Gasteiger partial charge in [0.15, 0.2) is 0 Å². The molecule has 1 rings (SSSR count). The minimum Gasteiger partial charge on any atom is -0.383 e. The van der Waals surface area contributed by atoms with Crippen molar-refractivity contribution < 1.29 is 9.13 Å². The second-order valence-electron chi connectivity index (χ2n) is 4.44. The van der Waals surface area contributed by atoms with Crippen LogP contribution in [0.25, 0.3) is 0 Å². The van der Waals surface area contributed by atoms with Crippen molar-refractivity contribution in [3.63, 3.8) is 0 Å². The van der Waals surface area contributed by atoms with E-state index >= 15 is 0 Å². The quantitative estimate of drug-likeness (QED) is 0.870. The minimum absolute atomic E-state index is 0.225. The summed E-state index contributed by atoms with van der Waals surface area (Å²) in [5.41, 5.74) is 0.937. The van der Waals surface area contributed by atoms with E-state index in [0.717, 1.165) is 5.56 Å². The van der Waals surface area contributed by atoms with Crippen LogP contribution in [0.2, 0.25) is 0 Å². The Hall–Kier alpha value is -0.450. The Morgan fingerprint density at radius 2 is 2.12 bits per heavy atom. The van der Waals surface area contributed by atoms with E-state index in [2.05, 4.69) is 35.1 Å². The van der Waals surface area contributed by atoms with Crippen molar-refractivity contribution in [2.24, 2.45) is 5.92 Å². The summed E-state index contributed by atoms with van der Waals surface area (Å²) < 4.78 is 19.0. The van der Waals surface area contributed by atoms with Gasteiger partial charge in [0, 0.05) is 19.7 Å². The van der Waals surface area contributed by atoms with Gasteiger partial charge in [0.25, 0.3) is 0 Å². The number of hydrogen-bond donors (Lipinski definition) is 1. The van der Waals surface area contributed by atoms with E-state index in [-0.39, 0.29) is 11.9 Å². The predicted molar refractivity (Wildman–Crippen MR) is 71.4 cm³/mol. The average molecular weight is 304 g/mol. The van der Waals surface area contributed by atoms with Gasteiger partial charge in [0.05, 0.1) is 11.1 Å². The van der Waals surface area contributed by atoms with Crippen LogP contribution >= 0.6 is 15.9 Å². The number of rotatable bonds is 6. The molecule has 0 aliphatic carbocycles. The monoisotopic (exact) mass is 303 g/mol. The summed E-state index contributed by atoms with van der Waals surface area (Å²) in [5, 5.41) is 3.38. The highest BCUT2D eigenvalue weighted by atomic mass is 79.9. The molecule has 1 aromatic rings. The number of hydrogen-bond acceptors (Lipinski definition) is 2. The van der Waals surface area contributed by atoms with Gasteiger partial charge in [-0.1, -0.05) is 19.9 Å². The molecule has 17 heavy (non-hydrogen) atoms. The third-order valence-corrected chi connectivity index (χ3v) is 3.35. The van der Waals surface area contributed by atoms with Gasteiger partial charge in [0.2, 0.25) is 0 Å². The van der Waals surface area contributed by atoms with Gasteiger partial charge in [-0.3, -0.25) is 0 Å². The Kier molecular flexibility index (Phi) is 6.09. The summed E-state index contributed by atoms with van der Waals surface area (Å²) >= 11 is 3.14. The minimum atomic E-state index is -0.225. The summed E-state index contributed by atoms with van der Waals surface area (Å²) in [5.74, 6) is 0.257. The zero-order chi connectivity index (χ0) is 12.8. The molecule has 4 heteroatoms. The topological polar surface area (TPSA) is 21.3 Å². The Balaban J connectivity index is 2.56. The first kappa shape index (κ1) is 14.6. The Morgan fingerprint density at radius 3 is 2.65 bits per heavy atom. The summed E-state index contributed by atoms with van der Waals surface area (Å²) in [6.07, 6.45) is 0. The molecule has 1 atom stereocenters. The van der Waals surface area contributed by atoms with Crippen molar-refractivity contribution in [3.05, 3.63) is 34.1 Å². The number of benzene rings is 1. The van der Waals surface area contributed by atoms with Crippen LogP contribution in [-0.2, 0) is 11.3 Å². The molecule has 0 heterocycles. The summed E-state index contributed by atoms with van der Waals surface area (Å²) in [7, 11) is 1.69. The maximum atomic E-state index is 13.3. The highest BCUT2D eigenvalue weighted by molar-refractivity contribution is 9.10. The fourth-order valence-corrected chi connectivity index (χ4v) is 1.81. The lowest BCUT2D eigenvalue weighted by Crippen LogP contribution is -2.37. The van der Waals surface area contributed by atoms with E-state index in [4.69, 9.17) is 4.74 Å².